The lowest BCUT2D eigenvalue weighted by molar-refractivity contribution is -0.118. The first-order valence-electron chi connectivity index (χ1n) is 8.99. The van der Waals surface area contributed by atoms with Crippen LogP contribution in [0.5, 0.6) is 0 Å². The van der Waals surface area contributed by atoms with Gasteiger partial charge in [-0.25, -0.2) is 4.98 Å². The fourth-order valence-electron chi connectivity index (χ4n) is 3.41. The van der Waals surface area contributed by atoms with E-state index in [1.165, 1.54) is 0 Å². The van der Waals surface area contributed by atoms with Crippen LogP contribution in [0, 0.1) is 6.92 Å². The number of hydrogen-bond donors (Lipinski definition) is 1. The lowest BCUT2D eigenvalue weighted by Crippen LogP contribution is -2.26. The second kappa shape index (κ2) is 7.92. The average molecular weight is 384 g/mol. The van der Waals surface area contributed by atoms with Crippen molar-refractivity contribution in [2.75, 3.05) is 0 Å². The highest BCUT2D eigenvalue weighted by atomic mass is 35.5. The van der Waals surface area contributed by atoms with Gasteiger partial charge in [-0.3, -0.25) is 14.2 Å². The molecule has 0 atom stereocenters. The smallest absolute Gasteiger partial charge is 0.256 e. The van der Waals surface area contributed by atoms with E-state index in [0.29, 0.717) is 35.6 Å². The maximum atomic E-state index is 13.3. The fraction of sp³-hybridized carbons (Fsp3) is 0.286. The summed E-state index contributed by atoms with van der Waals surface area (Å²) >= 11 is 6.21. The third-order valence-electron chi connectivity index (χ3n) is 4.62. The van der Waals surface area contributed by atoms with E-state index in [2.05, 4.69) is 4.98 Å². The van der Waals surface area contributed by atoms with Gasteiger partial charge in [0, 0.05) is 40.2 Å². The predicted octanol–water partition coefficient (Wildman–Crippen LogP) is 3.85. The molecule has 3 rings (SSSR count). The zero-order chi connectivity index (χ0) is 19.6. The topological polar surface area (TPSA) is 78.0 Å². The van der Waals surface area contributed by atoms with E-state index in [4.69, 9.17) is 17.3 Å². The Morgan fingerprint density at radius 3 is 2.70 bits per heavy atom. The molecular weight excluding hydrogens is 362 g/mol. The van der Waals surface area contributed by atoms with Gasteiger partial charge in [-0.05, 0) is 56.5 Å². The summed E-state index contributed by atoms with van der Waals surface area (Å²) in [5.41, 5.74) is 9.07. The molecule has 0 aliphatic heterocycles. The van der Waals surface area contributed by atoms with Gasteiger partial charge in [0.2, 0.25) is 5.91 Å². The quantitative estimate of drug-likeness (QED) is 0.702. The molecule has 0 radical (unpaired) electrons. The summed E-state index contributed by atoms with van der Waals surface area (Å²) in [6.45, 7) is 4.35. The number of pyridine rings is 2. The van der Waals surface area contributed by atoms with Crippen LogP contribution in [0.4, 0.5) is 0 Å². The molecule has 0 unspecified atom stereocenters. The number of halogens is 1. The summed E-state index contributed by atoms with van der Waals surface area (Å²) in [6, 6.07) is 11.4. The molecule has 5 nitrogen and oxygen atoms in total. The molecule has 0 saturated carbocycles. The first-order valence-corrected chi connectivity index (χ1v) is 9.37. The minimum Gasteiger partial charge on any atom is -0.370 e. The lowest BCUT2D eigenvalue weighted by atomic mass is 9.94. The number of fused-ring (bicyclic) bond motifs is 1. The first kappa shape index (κ1) is 19.1. The number of nitrogens with zero attached hydrogens (tertiary/aromatic N) is 2. The van der Waals surface area contributed by atoms with Crippen molar-refractivity contribution < 1.29 is 4.79 Å². The predicted molar refractivity (Wildman–Crippen MR) is 109 cm³/mol. The Balaban J connectivity index is 2.34. The van der Waals surface area contributed by atoms with Gasteiger partial charge in [-0.1, -0.05) is 23.7 Å². The van der Waals surface area contributed by atoms with Crippen molar-refractivity contribution in [3.63, 3.8) is 0 Å². The largest absolute Gasteiger partial charge is 0.370 e. The van der Waals surface area contributed by atoms with Crippen molar-refractivity contribution in [1.82, 2.24) is 9.55 Å². The van der Waals surface area contributed by atoms with E-state index in [0.717, 1.165) is 22.2 Å². The summed E-state index contributed by atoms with van der Waals surface area (Å²) in [7, 11) is 0. The minimum absolute atomic E-state index is 0.0810. The Morgan fingerprint density at radius 1 is 1.26 bits per heavy atom. The van der Waals surface area contributed by atoms with Crippen molar-refractivity contribution in [2.45, 2.75) is 39.7 Å². The van der Waals surface area contributed by atoms with Gasteiger partial charge in [-0.15, -0.1) is 0 Å². The number of hydrogen-bond acceptors (Lipinski definition) is 3. The molecule has 0 saturated heterocycles. The fourth-order valence-corrected chi connectivity index (χ4v) is 3.60. The molecule has 2 heterocycles. The summed E-state index contributed by atoms with van der Waals surface area (Å²) in [5, 5.41) is 1.50. The lowest BCUT2D eigenvalue weighted by Gasteiger charge is -2.17. The molecule has 0 fully saturated rings. The number of aromatic nitrogens is 2. The third-order valence-corrected chi connectivity index (χ3v) is 4.86. The van der Waals surface area contributed by atoms with Crippen LogP contribution in [-0.4, -0.2) is 15.5 Å². The Bertz CT molecular complexity index is 1070. The van der Waals surface area contributed by atoms with Gasteiger partial charge >= 0.3 is 0 Å². The summed E-state index contributed by atoms with van der Waals surface area (Å²) < 4.78 is 1.69. The molecule has 0 aliphatic carbocycles. The summed E-state index contributed by atoms with van der Waals surface area (Å²) in [6.07, 6.45) is 1.23. The number of amides is 1. The van der Waals surface area contributed by atoms with E-state index < -0.39 is 0 Å². The van der Waals surface area contributed by atoms with Crippen LogP contribution in [0.25, 0.3) is 22.2 Å². The molecule has 0 bridgehead atoms. The molecule has 6 heteroatoms. The highest BCUT2D eigenvalue weighted by molar-refractivity contribution is 6.30. The SMILES string of the molecule is CCn1c(=O)c(CCCC(N)=O)c(-c2cccc(Cl)c2)c2ccc(C)nc21. The van der Waals surface area contributed by atoms with Crippen molar-refractivity contribution in [3.8, 4) is 11.1 Å². The highest BCUT2D eigenvalue weighted by Gasteiger charge is 2.19. The zero-order valence-corrected chi connectivity index (χ0v) is 16.2. The van der Waals surface area contributed by atoms with Crippen molar-refractivity contribution in [2.24, 2.45) is 5.73 Å². The number of nitrogens with two attached hydrogens (primary N) is 1. The number of carbonyl (C=O) groups excluding carboxylic acids is 1. The molecule has 140 valence electrons. The van der Waals surface area contributed by atoms with Crippen LogP contribution < -0.4 is 11.3 Å². The summed E-state index contributed by atoms with van der Waals surface area (Å²) in [4.78, 5) is 29.0. The van der Waals surface area contributed by atoms with Gasteiger partial charge < -0.3 is 5.73 Å². The Labute approximate surface area is 162 Å². The van der Waals surface area contributed by atoms with E-state index in [9.17, 15) is 9.59 Å². The van der Waals surface area contributed by atoms with Crippen molar-refractivity contribution in [3.05, 3.63) is 63.0 Å². The van der Waals surface area contributed by atoms with Crippen LogP contribution in [0.2, 0.25) is 5.02 Å². The summed E-state index contributed by atoms with van der Waals surface area (Å²) in [5.74, 6) is -0.367. The average Bonchev–Trinajstić information content (AvgIpc) is 2.62. The van der Waals surface area contributed by atoms with Crippen molar-refractivity contribution >= 4 is 28.5 Å². The maximum Gasteiger partial charge on any atom is 0.256 e. The second-order valence-corrected chi connectivity index (χ2v) is 6.99. The van der Waals surface area contributed by atoms with Crippen LogP contribution in [0.1, 0.15) is 31.0 Å². The standard InChI is InChI=1S/C21H22ClN3O2/c1-3-25-20-16(11-10-13(2)24-20)19(14-6-4-7-15(22)12-14)17(21(25)27)8-5-9-18(23)26/h4,6-7,10-12H,3,5,8-9H2,1-2H3,(H2,23,26). The second-order valence-electron chi connectivity index (χ2n) is 6.56. The van der Waals surface area contributed by atoms with E-state index >= 15 is 0 Å². The molecule has 1 aromatic carbocycles. The number of primary amides is 1. The minimum atomic E-state index is -0.367. The van der Waals surface area contributed by atoms with Gasteiger partial charge in [-0.2, -0.15) is 0 Å². The van der Waals surface area contributed by atoms with Gasteiger partial charge in [0.1, 0.15) is 5.65 Å². The molecular formula is C21H22ClN3O2. The van der Waals surface area contributed by atoms with Gasteiger partial charge in [0.25, 0.3) is 5.56 Å². The molecule has 0 aliphatic rings. The van der Waals surface area contributed by atoms with Gasteiger partial charge in [0.05, 0.1) is 0 Å². The molecule has 2 aromatic heterocycles. The van der Waals surface area contributed by atoms with E-state index in [-0.39, 0.29) is 17.9 Å². The van der Waals surface area contributed by atoms with Gasteiger partial charge in [0.15, 0.2) is 0 Å². The number of rotatable bonds is 6. The zero-order valence-electron chi connectivity index (χ0n) is 15.5. The first-order chi connectivity index (χ1) is 12.9. The molecule has 2 N–H and O–H groups in total. The number of carbonyl (C=O) groups is 1. The number of benzene rings is 1. The molecule has 3 aromatic rings. The van der Waals surface area contributed by atoms with E-state index in [1.807, 2.05) is 44.2 Å². The molecule has 0 spiro atoms. The highest BCUT2D eigenvalue weighted by Crippen LogP contribution is 2.32. The number of aryl methyl sites for hydroxylation is 2. The Morgan fingerprint density at radius 2 is 2.04 bits per heavy atom. The van der Waals surface area contributed by atoms with Crippen LogP contribution >= 0.6 is 11.6 Å². The van der Waals surface area contributed by atoms with Crippen molar-refractivity contribution in [1.29, 1.82) is 0 Å². The monoisotopic (exact) mass is 383 g/mol. The normalized spacial score (nSPS) is 11.1. The Hall–Kier alpha value is -2.66. The maximum absolute atomic E-state index is 13.3. The van der Waals surface area contributed by atoms with E-state index in [1.54, 1.807) is 10.6 Å². The van der Waals surface area contributed by atoms with Crippen LogP contribution in [0.3, 0.4) is 0 Å². The molecule has 27 heavy (non-hydrogen) atoms. The third kappa shape index (κ3) is 3.88. The Kier molecular flexibility index (Phi) is 5.61. The molecule has 1 amide bonds. The van der Waals surface area contributed by atoms with Crippen LogP contribution in [0.15, 0.2) is 41.2 Å². The van der Waals surface area contributed by atoms with Crippen LogP contribution in [-0.2, 0) is 17.8 Å².